The van der Waals surface area contributed by atoms with Crippen LogP contribution < -0.4 is 5.73 Å². The molecule has 0 radical (unpaired) electrons. The number of carbonyl (C=O) groups excluding carboxylic acids is 1. The van der Waals surface area contributed by atoms with E-state index >= 15 is 0 Å². The van der Waals surface area contributed by atoms with Crippen molar-refractivity contribution in [2.45, 2.75) is 45.7 Å². The first-order valence-electron chi connectivity index (χ1n) is 5.55. The highest BCUT2D eigenvalue weighted by molar-refractivity contribution is 5.83. The second-order valence-corrected chi connectivity index (χ2v) is 5.35. The predicted molar refractivity (Wildman–Crippen MR) is 59.3 cm³/mol. The minimum atomic E-state index is -0.482. The molecule has 4 nitrogen and oxygen atoms in total. The van der Waals surface area contributed by atoms with Crippen LogP contribution in [0.1, 0.15) is 33.6 Å². The maximum absolute atomic E-state index is 12.1. The van der Waals surface area contributed by atoms with Gasteiger partial charge in [-0.25, -0.2) is 0 Å². The van der Waals surface area contributed by atoms with E-state index in [4.69, 9.17) is 10.8 Å². The van der Waals surface area contributed by atoms with Crippen LogP contribution in [0.25, 0.3) is 0 Å². The Morgan fingerprint density at radius 1 is 1.60 bits per heavy atom. The molecule has 4 heteroatoms. The average molecular weight is 214 g/mol. The van der Waals surface area contributed by atoms with Gasteiger partial charge in [-0.1, -0.05) is 20.8 Å². The first-order chi connectivity index (χ1) is 6.88. The van der Waals surface area contributed by atoms with Crippen LogP contribution in [0.4, 0.5) is 0 Å². The second kappa shape index (κ2) is 4.49. The van der Waals surface area contributed by atoms with Gasteiger partial charge in [0.2, 0.25) is 5.91 Å². The van der Waals surface area contributed by atoms with E-state index < -0.39 is 6.04 Å². The molecule has 0 aromatic rings. The molecule has 0 spiro atoms. The van der Waals surface area contributed by atoms with Gasteiger partial charge in [0.25, 0.3) is 0 Å². The molecule has 2 atom stereocenters. The Morgan fingerprint density at radius 2 is 2.20 bits per heavy atom. The SMILES string of the molecule is CC(C)(C)[C@@H](N)C(=O)N1CCCC1CO. The van der Waals surface area contributed by atoms with Crippen molar-refractivity contribution < 1.29 is 9.90 Å². The number of aliphatic hydroxyl groups is 1. The lowest BCUT2D eigenvalue weighted by atomic mass is 9.86. The van der Waals surface area contributed by atoms with Crippen LogP contribution in [-0.2, 0) is 4.79 Å². The first-order valence-corrected chi connectivity index (χ1v) is 5.55. The minimum Gasteiger partial charge on any atom is -0.394 e. The number of hydrogen-bond donors (Lipinski definition) is 2. The van der Waals surface area contributed by atoms with Gasteiger partial charge in [-0.2, -0.15) is 0 Å². The Balaban J connectivity index is 2.68. The fourth-order valence-electron chi connectivity index (χ4n) is 1.86. The summed E-state index contributed by atoms with van der Waals surface area (Å²) in [7, 11) is 0. The molecule has 1 fully saturated rings. The summed E-state index contributed by atoms with van der Waals surface area (Å²) < 4.78 is 0. The third-order valence-corrected chi connectivity index (χ3v) is 3.07. The maximum atomic E-state index is 12.1. The molecule has 1 saturated heterocycles. The van der Waals surface area contributed by atoms with Gasteiger partial charge in [0.05, 0.1) is 18.7 Å². The molecule has 0 aliphatic carbocycles. The molecule has 1 aliphatic rings. The monoisotopic (exact) mass is 214 g/mol. The fourth-order valence-corrected chi connectivity index (χ4v) is 1.86. The molecule has 1 amide bonds. The van der Waals surface area contributed by atoms with Crippen LogP contribution in [0.5, 0.6) is 0 Å². The maximum Gasteiger partial charge on any atom is 0.240 e. The zero-order valence-electron chi connectivity index (χ0n) is 9.86. The highest BCUT2D eigenvalue weighted by atomic mass is 16.3. The van der Waals surface area contributed by atoms with E-state index in [0.29, 0.717) is 0 Å². The van der Waals surface area contributed by atoms with E-state index in [1.54, 1.807) is 4.90 Å². The topological polar surface area (TPSA) is 66.6 Å². The van der Waals surface area contributed by atoms with Gasteiger partial charge < -0.3 is 15.7 Å². The molecule has 0 bridgehead atoms. The van der Waals surface area contributed by atoms with E-state index in [1.165, 1.54) is 0 Å². The van der Waals surface area contributed by atoms with Gasteiger partial charge in [-0.05, 0) is 18.3 Å². The van der Waals surface area contributed by atoms with Crippen molar-refractivity contribution in [2.75, 3.05) is 13.2 Å². The average Bonchev–Trinajstić information content (AvgIpc) is 2.61. The summed E-state index contributed by atoms with van der Waals surface area (Å²) >= 11 is 0. The summed E-state index contributed by atoms with van der Waals surface area (Å²) in [5.41, 5.74) is 5.70. The number of aliphatic hydroxyl groups excluding tert-OH is 1. The van der Waals surface area contributed by atoms with Crippen molar-refractivity contribution in [1.82, 2.24) is 4.90 Å². The highest BCUT2D eigenvalue weighted by Gasteiger charge is 2.35. The molecule has 1 unspecified atom stereocenters. The Kier molecular flexibility index (Phi) is 3.73. The van der Waals surface area contributed by atoms with Crippen LogP contribution in [0, 0.1) is 5.41 Å². The van der Waals surface area contributed by atoms with Gasteiger partial charge >= 0.3 is 0 Å². The van der Waals surface area contributed by atoms with Crippen molar-refractivity contribution >= 4 is 5.91 Å². The summed E-state index contributed by atoms with van der Waals surface area (Å²) in [4.78, 5) is 13.8. The summed E-state index contributed by atoms with van der Waals surface area (Å²) in [6.45, 7) is 6.65. The van der Waals surface area contributed by atoms with Gasteiger partial charge in [0.15, 0.2) is 0 Å². The summed E-state index contributed by atoms with van der Waals surface area (Å²) in [5, 5.41) is 9.14. The van der Waals surface area contributed by atoms with E-state index in [0.717, 1.165) is 19.4 Å². The van der Waals surface area contributed by atoms with Crippen molar-refractivity contribution in [3.8, 4) is 0 Å². The van der Waals surface area contributed by atoms with Crippen LogP contribution in [0.3, 0.4) is 0 Å². The van der Waals surface area contributed by atoms with E-state index in [-0.39, 0.29) is 24.0 Å². The Hall–Kier alpha value is -0.610. The molecule has 1 aliphatic heterocycles. The number of likely N-dealkylation sites (tertiary alicyclic amines) is 1. The zero-order chi connectivity index (χ0) is 11.6. The molecular formula is C11H22N2O2. The van der Waals surface area contributed by atoms with E-state index in [1.807, 2.05) is 20.8 Å². The lowest BCUT2D eigenvalue weighted by Gasteiger charge is -2.32. The molecule has 1 heterocycles. The predicted octanol–water partition coefficient (Wildman–Crippen LogP) is 0.343. The molecular weight excluding hydrogens is 192 g/mol. The van der Waals surface area contributed by atoms with Gasteiger partial charge in [-0.15, -0.1) is 0 Å². The highest BCUT2D eigenvalue weighted by Crippen LogP contribution is 2.23. The number of amides is 1. The number of hydrogen-bond acceptors (Lipinski definition) is 3. The number of nitrogens with two attached hydrogens (primary N) is 1. The Bertz CT molecular complexity index is 235. The molecule has 3 N–H and O–H groups in total. The molecule has 88 valence electrons. The third-order valence-electron chi connectivity index (χ3n) is 3.07. The van der Waals surface area contributed by atoms with Gasteiger partial charge in [0, 0.05) is 6.54 Å². The Morgan fingerprint density at radius 3 is 2.67 bits per heavy atom. The number of rotatable bonds is 2. The first kappa shape index (κ1) is 12.5. The largest absolute Gasteiger partial charge is 0.394 e. The van der Waals surface area contributed by atoms with Crippen molar-refractivity contribution in [1.29, 1.82) is 0 Å². The summed E-state index contributed by atoms with van der Waals surface area (Å²) in [5.74, 6) is -0.0287. The summed E-state index contributed by atoms with van der Waals surface area (Å²) in [6, 6.07) is -0.504. The quantitative estimate of drug-likeness (QED) is 0.696. The number of carbonyl (C=O) groups is 1. The van der Waals surface area contributed by atoms with Crippen LogP contribution in [-0.4, -0.2) is 41.1 Å². The van der Waals surface area contributed by atoms with E-state index in [2.05, 4.69) is 0 Å². The Labute approximate surface area is 91.4 Å². The van der Waals surface area contributed by atoms with E-state index in [9.17, 15) is 4.79 Å². The van der Waals surface area contributed by atoms with Gasteiger partial charge in [-0.3, -0.25) is 4.79 Å². The van der Waals surface area contributed by atoms with Crippen molar-refractivity contribution in [3.63, 3.8) is 0 Å². The standard InChI is InChI=1S/C11H22N2O2/c1-11(2,3)9(12)10(15)13-6-4-5-8(13)7-14/h8-9,14H,4-7,12H2,1-3H3/t8?,9-/m0/s1. The van der Waals surface area contributed by atoms with Crippen molar-refractivity contribution in [2.24, 2.45) is 11.1 Å². The summed E-state index contributed by atoms with van der Waals surface area (Å²) in [6.07, 6.45) is 1.85. The zero-order valence-corrected chi connectivity index (χ0v) is 9.86. The molecule has 0 aromatic carbocycles. The van der Waals surface area contributed by atoms with Gasteiger partial charge in [0.1, 0.15) is 0 Å². The second-order valence-electron chi connectivity index (χ2n) is 5.35. The van der Waals surface area contributed by atoms with Crippen LogP contribution in [0.2, 0.25) is 0 Å². The lowest BCUT2D eigenvalue weighted by Crippen LogP contribution is -2.52. The lowest BCUT2D eigenvalue weighted by molar-refractivity contribution is -0.136. The smallest absolute Gasteiger partial charge is 0.240 e. The molecule has 0 aromatic heterocycles. The van der Waals surface area contributed by atoms with Crippen LogP contribution >= 0.6 is 0 Å². The molecule has 1 rings (SSSR count). The molecule has 0 saturated carbocycles. The third kappa shape index (κ3) is 2.69. The molecule has 15 heavy (non-hydrogen) atoms. The number of nitrogens with zero attached hydrogens (tertiary/aromatic N) is 1. The fraction of sp³-hybridized carbons (Fsp3) is 0.909. The van der Waals surface area contributed by atoms with Crippen LogP contribution in [0.15, 0.2) is 0 Å². The minimum absolute atomic E-state index is 0.0223. The normalized spacial score (nSPS) is 24.3. The van der Waals surface area contributed by atoms with Crippen molar-refractivity contribution in [3.05, 3.63) is 0 Å².